The lowest BCUT2D eigenvalue weighted by molar-refractivity contribution is 0.187. The molecule has 0 bridgehead atoms. The van der Waals surface area contributed by atoms with Gasteiger partial charge in [0.15, 0.2) is 0 Å². The molecule has 108 valence electrons. The van der Waals surface area contributed by atoms with Gasteiger partial charge in [-0.3, -0.25) is 0 Å². The largest absolute Gasteiger partial charge is 0.494 e. The summed E-state index contributed by atoms with van der Waals surface area (Å²) in [5.41, 5.74) is 7.51. The van der Waals surface area contributed by atoms with Gasteiger partial charge in [-0.05, 0) is 54.8 Å². The first-order valence-corrected chi connectivity index (χ1v) is 7.49. The first-order chi connectivity index (χ1) is 9.06. The SMILES string of the molecule is CCC(CC)(CN)CCOc1ccc(C(C)C)cc1. The summed E-state index contributed by atoms with van der Waals surface area (Å²) >= 11 is 0. The number of nitrogens with two attached hydrogens (primary N) is 1. The first kappa shape index (κ1) is 16.0. The highest BCUT2D eigenvalue weighted by Crippen LogP contribution is 2.29. The van der Waals surface area contributed by atoms with E-state index in [9.17, 15) is 0 Å². The molecule has 0 saturated carbocycles. The van der Waals surface area contributed by atoms with Crippen molar-refractivity contribution in [2.24, 2.45) is 11.1 Å². The molecule has 0 aromatic heterocycles. The summed E-state index contributed by atoms with van der Waals surface area (Å²) in [6, 6.07) is 8.43. The molecule has 0 saturated heterocycles. The van der Waals surface area contributed by atoms with Crippen LogP contribution >= 0.6 is 0 Å². The van der Waals surface area contributed by atoms with Gasteiger partial charge >= 0.3 is 0 Å². The van der Waals surface area contributed by atoms with Gasteiger partial charge in [0.2, 0.25) is 0 Å². The Morgan fingerprint density at radius 1 is 1.11 bits per heavy atom. The Hall–Kier alpha value is -1.02. The van der Waals surface area contributed by atoms with Gasteiger partial charge in [0.25, 0.3) is 0 Å². The van der Waals surface area contributed by atoms with E-state index < -0.39 is 0 Å². The Kier molecular flexibility index (Phi) is 6.36. The van der Waals surface area contributed by atoms with Gasteiger partial charge in [-0.25, -0.2) is 0 Å². The molecule has 0 unspecified atom stereocenters. The first-order valence-electron chi connectivity index (χ1n) is 7.49. The van der Waals surface area contributed by atoms with Crippen LogP contribution in [-0.4, -0.2) is 13.2 Å². The third kappa shape index (κ3) is 4.54. The van der Waals surface area contributed by atoms with Crippen LogP contribution in [0.4, 0.5) is 0 Å². The van der Waals surface area contributed by atoms with E-state index in [0.717, 1.165) is 38.2 Å². The monoisotopic (exact) mass is 263 g/mol. The fourth-order valence-corrected chi connectivity index (χ4v) is 2.33. The molecule has 0 aliphatic rings. The van der Waals surface area contributed by atoms with Gasteiger partial charge in [0, 0.05) is 0 Å². The molecule has 0 aliphatic carbocycles. The second-order valence-corrected chi connectivity index (χ2v) is 5.73. The fraction of sp³-hybridized carbons (Fsp3) is 0.647. The lowest BCUT2D eigenvalue weighted by Crippen LogP contribution is -2.31. The van der Waals surface area contributed by atoms with Crippen LogP contribution in [0.3, 0.4) is 0 Å². The minimum absolute atomic E-state index is 0.248. The van der Waals surface area contributed by atoms with Gasteiger partial charge in [0.05, 0.1) is 6.61 Å². The summed E-state index contributed by atoms with van der Waals surface area (Å²) in [4.78, 5) is 0. The van der Waals surface area contributed by atoms with Gasteiger partial charge in [-0.1, -0.05) is 39.8 Å². The number of rotatable bonds is 8. The van der Waals surface area contributed by atoms with Crippen molar-refractivity contribution in [1.82, 2.24) is 0 Å². The van der Waals surface area contributed by atoms with Gasteiger partial charge < -0.3 is 10.5 Å². The molecule has 1 aromatic rings. The van der Waals surface area contributed by atoms with Crippen LogP contribution in [0.1, 0.15) is 58.4 Å². The van der Waals surface area contributed by atoms with Crippen molar-refractivity contribution in [3.63, 3.8) is 0 Å². The van der Waals surface area contributed by atoms with Crippen molar-refractivity contribution in [1.29, 1.82) is 0 Å². The van der Waals surface area contributed by atoms with E-state index in [-0.39, 0.29) is 5.41 Å². The Balaban J connectivity index is 2.48. The zero-order valence-electron chi connectivity index (χ0n) is 12.9. The van der Waals surface area contributed by atoms with E-state index >= 15 is 0 Å². The molecule has 19 heavy (non-hydrogen) atoms. The van der Waals surface area contributed by atoms with Crippen LogP contribution < -0.4 is 10.5 Å². The van der Waals surface area contributed by atoms with Crippen LogP contribution in [0.5, 0.6) is 5.75 Å². The number of benzene rings is 1. The van der Waals surface area contributed by atoms with Gasteiger partial charge in [0.1, 0.15) is 5.75 Å². The number of hydrogen-bond acceptors (Lipinski definition) is 2. The average molecular weight is 263 g/mol. The lowest BCUT2D eigenvalue weighted by atomic mass is 9.80. The second kappa shape index (κ2) is 7.54. The summed E-state index contributed by atoms with van der Waals surface area (Å²) < 4.78 is 5.85. The van der Waals surface area contributed by atoms with Crippen LogP contribution in [0.15, 0.2) is 24.3 Å². The van der Waals surface area contributed by atoms with Crippen molar-refractivity contribution in [2.75, 3.05) is 13.2 Å². The molecule has 0 radical (unpaired) electrons. The highest BCUT2D eigenvalue weighted by molar-refractivity contribution is 5.28. The minimum Gasteiger partial charge on any atom is -0.494 e. The van der Waals surface area contributed by atoms with E-state index in [1.54, 1.807) is 0 Å². The topological polar surface area (TPSA) is 35.2 Å². The molecule has 2 heteroatoms. The molecule has 0 amide bonds. The molecule has 2 N–H and O–H groups in total. The Morgan fingerprint density at radius 3 is 2.11 bits per heavy atom. The molecule has 0 spiro atoms. The fourth-order valence-electron chi connectivity index (χ4n) is 2.33. The summed E-state index contributed by atoms with van der Waals surface area (Å²) in [6.07, 6.45) is 3.27. The maximum Gasteiger partial charge on any atom is 0.119 e. The normalized spacial score (nSPS) is 11.9. The smallest absolute Gasteiger partial charge is 0.119 e. The maximum atomic E-state index is 5.91. The molecular formula is C17H29NO. The predicted octanol–water partition coefficient (Wildman–Crippen LogP) is 4.34. The number of hydrogen-bond donors (Lipinski definition) is 1. The Labute approximate surface area is 118 Å². The standard InChI is InChI=1S/C17H29NO/c1-5-17(6-2,13-18)11-12-19-16-9-7-15(8-10-16)14(3)4/h7-10,14H,5-6,11-13,18H2,1-4H3. The van der Waals surface area contributed by atoms with Crippen molar-refractivity contribution < 1.29 is 4.74 Å². The maximum absolute atomic E-state index is 5.91. The summed E-state index contributed by atoms with van der Waals surface area (Å²) in [5, 5.41) is 0. The van der Waals surface area contributed by atoms with E-state index in [0.29, 0.717) is 5.92 Å². The van der Waals surface area contributed by atoms with Crippen LogP contribution in [0.2, 0.25) is 0 Å². The third-order valence-corrected chi connectivity index (χ3v) is 4.38. The van der Waals surface area contributed by atoms with Crippen LogP contribution in [0, 0.1) is 5.41 Å². The van der Waals surface area contributed by atoms with Crippen LogP contribution in [-0.2, 0) is 0 Å². The van der Waals surface area contributed by atoms with Crippen molar-refractivity contribution in [3.05, 3.63) is 29.8 Å². The predicted molar refractivity (Wildman–Crippen MR) is 82.7 cm³/mol. The van der Waals surface area contributed by atoms with Crippen LogP contribution in [0.25, 0.3) is 0 Å². The Bertz CT molecular complexity index is 344. The summed E-state index contributed by atoms with van der Waals surface area (Å²) in [6.45, 7) is 10.3. The zero-order chi connectivity index (χ0) is 14.3. The highest BCUT2D eigenvalue weighted by Gasteiger charge is 2.23. The number of ether oxygens (including phenoxy) is 1. The second-order valence-electron chi connectivity index (χ2n) is 5.73. The van der Waals surface area contributed by atoms with Crippen molar-refractivity contribution >= 4 is 0 Å². The molecule has 2 nitrogen and oxygen atoms in total. The highest BCUT2D eigenvalue weighted by atomic mass is 16.5. The zero-order valence-corrected chi connectivity index (χ0v) is 12.9. The average Bonchev–Trinajstić information content (AvgIpc) is 2.45. The summed E-state index contributed by atoms with van der Waals surface area (Å²) in [5.74, 6) is 1.53. The van der Waals surface area contributed by atoms with Crippen molar-refractivity contribution in [3.8, 4) is 5.75 Å². The Morgan fingerprint density at radius 2 is 1.68 bits per heavy atom. The van der Waals surface area contributed by atoms with E-state index in [2.05, 4.69) is 52.0 Å². The molecule has 0 heterocycles. The molecule has 0 atom stereocenters. The molecule has 0 fully saturated rings. The molecule has 1 aromatic carbocycles. The van der Waals surface area contributed by atoms with Gasteiger partial charge in [-0.2, -0.15) is 0 Å². The lowest BCUT2D eigenvalue weighted by Gasteiger charge is -2.29. The van der Waals surface area contributed by atoms with E-state index in [4.69, 9.17) is 10.5 Å². The van der Waals surface area contributed by atoms with E-state index in [1.807, 2.05) is 0 Å². The molecular weight excluding hydrogens is 234 g/mol. The van der Waals surface area contributed by atoms with E-state index in [1.165, 1.54) is 5.56 Å². The molecule has 1 rings (SSSR count). The minimum atomic E-state index is 0.248. The van der Waals surface area contributed by atoms with Crippen molar-refractivity contribution in [2.45, 2.75) is 52.9 Å². The third-order valence-electron chi connectivity index (χ3n) is 4.38. The quantitative estimate of drug-likeness (QED) is 0.757. The molecule has 0 aliphatic heterocycles. The summed E-state index contributed by atoms with van der Waals surface area (Å²) in [7, 11) is 0. The van der Waals surface area contributed by atoms with Gasteiger partial charge in [-0.15, -0.1) is 0 Å².